The number of nitrogens with zero attached hydrogens (tertiary/aromatic N) is 4. The smallest absolute Gasteiger partial charge is 0.177 e. The first kappa shape index (κ1) is 17.3. The Hall–Kier alpha value is -1.82. The van der Waals surface area contributed by atoms with E-state index < -0.39 is 0 Å². The van der Waals surface area contributed by atoms with Gasteiger partial charge in [-0.1, -0.05) is 23.2 Å². The second-order valence-electron chi connectivity index (χ2n) is 7.53. The van der Waals surface area contributed by atoms with Crippen molar-refractivity contribution in [2.75, 3.05) is 19.7 Å². The van der Waals surface area contributed by atoms with E-state index in [1.807, 2.05) is 18.2 Å². The Bertz CT molecular complexity index is 973. The molecule has 5 nitrogen and oxygen atoms in total. The fourth-order valence-electron chi connectivity index (χ4n) is 4.33. The number of fused-ring (bicyclic) bond motifs is 2. The maximum absolute atomic E-state index is 6.03. The van der Waals surface area contributed by atoms with Gasteiger partial charge in [-0.2, -0.15) is 0 Å². The van der Waals surface area contributed by atoms with E-state index in [1.54, 1.807) is 12.3 Å². The van der Waals surface area contributed by atoms with Gasteiger partial charge in [0, 0.05) is 42.3 Å². The SMILES string of the molecule is Cn1c(CN2C[C@@H]3C(COc4cc(Cl)cc(Cl)c4)[C@@H]3C2)nc2ncccc21. The zero-order chi connectivity index (χ0) is 18.5. The van der Waals surface area contributed by atoms with Gasteiger partial charge < -0.3 is 9.30 Å². The summed E-state index contributed by atoms with van der Waals surface area (Å²) in [6.07, 6.45) is 1.79. The lowest BCUT2D eigenvalue weighted by atomic mass is 10.2. The molecule has 3 aromatic rings. The minimum atomic E-state index is 0.608. The lowest BCUT2D eigenvalue weighted by Gasteiger charge is -2.19. The molecule has 1 unspecified atom stereocenters. The molecule has 2 aromatic heterocycles. The Labute approximate surface area is 167 Å². The second kappa shape index (κ2) is 6.66. The van der Waals surface area contributed by atoms with Crippen LogP contribution in [-0.4, -0.2) is 39.1 Å². The molecule has 1 aliphatic carbocycles. The van der Waals surface area contributed by atoms with E-state index in [-0.39, 0.29) is 0 Å². The molecule has 5 rings (SSSR count). The molecule has 1 aromatic carbocycles. The van der Waals surface area contributed by atoms with Gasteiger partial charge in [-0.3, -0.25) is 4.90 Å². The zero-order valence-corrected chi connectivity index (χ0v) is 16.5. The molecule has 0 bridgehead atoms. The number of halogens is 2. The second-order valence-corrected chi connectivity index (χ2v) is 8.41. The summed E-state index contributed by atoms with van der Waals surface area (Å²) in [5.74, 6) is 3.88. The minimum absolute atomic E-state index is 0.608. The average Bonchev–Trinajstić information content (AvgIpc) is 2.95. The summed E-state index contributed by atoms with van der Waals surface area (Å²) in [6, 6.07) is 9.37. The predicted molar refractivity (Wildman–Crippen MR) is 106 cm³/mol. The van der Waals surface area contributed by atoms with Crippen molar-refractivity contribution in [1.82, 2.24) is 19.4 Å². The van der Waals surface area contributed by atoms with Gasteiger partial charge in [0.15, 0.2) is 5.65 Å². The summed E-state index contributed by atoms with van der Waals surface area (Å²) in [5, 5.41) is 1.22. The van der Waals surface area contributed by atoms with Gasteiger partial charge in [0.1, 0.15) is 11.6 Å². The summed E-state index contributed by atoms with van der Waals surface area (Å²) >= 11 is 12.1. The van der Waals surface area contributed by atoms with Crippen LogP contribution in [0.25, 0.3) is 11.2 Å². The molecule has 0 N–H and O–H groups in total. The Kier molecular flexibility index (Phi) is 4.26. The molecule has 7 heteroatoms. The van der Waals surface area contributed by atoms with Gasteiger partial charge in [-0.25, -0.2) is 9.97 Å². The van der Waals surface area contributed by atoms with E-state index in [4.69, 9.17) is 27.9 Å². The van der Waals surface area contributed by atoms with Crippen LogP contribution >= 0.6 is 23.2 Å². The van der Waals surface area contributed by atoms with Crippen LogP contribution in [0.15, 0.2) is 36.5 Å². The number of imidazole rings is 1. The fourth-order valence-corrected chi connectivity index (χ4v) is 4.84. The Morgan fingerprint density at radius 3 is 2.59 bits per heavy atom. The number of rotatable bonds is 5. The molecule has 27 heavy (non-hydrogen) atoms. The third kappa shape index (κ3) is 3.28. The topological polar surface area (TPSA) is 43.2 Å². The van der Waals surface area contributed by atoms with Gasteiger partial charge in [0.05, 0.1) is 18.7 Å². The summed E-state index contributed by atoms with van der Waals surface area (Å²) in [7, 11) is 2.07. The monoisotopic (exact) mass is 402 g/mol. The number of hydrogen-bond acceptors (Lipinski definition) is 4. The third-order valence-electron chi connectivity index (χ3n) is 5.84. The van der Waals surface area contributed by atoms with Crippen LogP contribution in [0, 0.1) is 17.8 Å². The highest BCUT2D eigenvalue weighted by Crippen LogP contribution is 2.52. The molecule has 0 spiro atoms. The molecular weight excluding hydrogens is 383 g/mol. The number of aromatic nitrogens is 3. The third-order valence-corrected chi connectivity index (χ3v) is 6.28. The van der Waals surface area contributed by atoms with Crippen molar-refractivity contribution in [2.24, 2.45) is 24.8 Å². The van der Waals surface area contributed by atoms with Gasteiger partial charge in [-0.15, -0.1) is 0 Å². The van der Waals surface area contributed by atoms with Crippen LogP contribution < -0.4 is 4.74 Å². The number of benzene rings is 1. The molecule has 3 heterocycles. The molecule has 1 saturated heterocycles. The molecule has 140 valence electrons. The van der Waals surface area contributed by atoms with E-state index in [2.05, 4.69) is 32.5 Å². The molecule has 0 radical (unpaired) electrons. The first-order valence-corrected chi connectivity index (χ1v) is 9.91. The number of pyridine rings is 1. The minimum Gasteiger partial charge on any atom is -0.493 e. The Morgan fingerprint density at radius 1 is 1.15 bits per heavy atom. The van der Waals surface area contributed by atoms with Crippen molar-refractivity contribution in [3.8, 4) is 5.75 Å². The standard InChI is InChI=1S/C20H20Cl2N4O/c1-25-18-3-2-4-23-20(18)24-19(25)10-26-8-15-16(9-26)17(15)11-27-14-6-12(21)5-13(22)7-14/h2-7,15-17H,8-11H2,1H3/t15-,16+,17?. The van der Waals surface area contributed by atoms with Gasteiger partial charge in [0.2, 0.25) is 0 Å². The molecule has 2 fully saturated rings. The van der Waals surface area contributed by atoms with Crippen LogP contribution in [0.1, 0.15) is 5.82 Å². The van der Waals surface area contributed by atoms with Crippen molar-refractivity contribution < 1.29 is 4.74 Å². The van der Waals surface area contributed by atoms with Gasteiger partial charge >= 0.3 is 0 Å². The summed E-state index contributed by atoms with van der Waals surface area (Å²) in [6.45, 7) is 3.81. The summed E-state index contributed by atoms with van der Waals surface area (Å²) in [4.78, 5) is 11.5. The highest BCUT2D eigenvalue weighted by atomic mass is 35.5. The van der Waals surface area contributed by atoms with Crippen molar-refractivity contribution in [3.63, 3.8) is 0 Å². The predicted octanol–water partition coefficient (Wildman–Crippen LogP) is 4.03. The molecule has 2 aliphatic rings. The van der Waals surface area contributed by atoms with Crippen LogP contribution in [0.4, 0.5) is 0 Å². The normalized spacial score (nSPS) is 24.3. The number of likely N-dealkylation sites (tertiary alicyclic amines) is 1. The lowest BCUT2D eigenvalue weighted by molar-refractivity contribution is 0.226. The number of piperidine rings is 1. The first-order chi connectivity index (χ1) is 13.1. The van der Waals surface area contributed by atoms with E-state index in [0.29, 0.717) is 27.8 Å². The molecule has 3 atom stereocenters. The summed E-state index contributed by atoms with van der Waals surface area (Å²) in [5.41, 5.74) is 1.91. The average molecular weight is 403 g/mol. The number of aryl methyl sites for hydroxylation is 1. The fraction of sp³-hybridized carbons (Fsp3) is 0.400. The van der Waals surface area contributed by atoms with Crippen molar-refractivity contribution in [2.45, 2.75) is 6.54 Å². The van der Waals surface area contributed by atoms with Gasteiger partial charge in [-0.05, 0) is 42.2 Å². The Morgan fingerprint density at radius 2 is 1.89 bits per heavy atom. The maximum atomic E-state index is 6.03. The highest BCUT2D eigenvalue weighted by molar-refractivity contribution is 6.34. The van der Waals surface area contributed by atoms with E-state index >= 15 is 0 Å². The van der Waals surface area contributed by atoms with Crippen LogP contribution in [0.5, 0.6) is 5.75 Å². The lowest BCUT2D eigenvalue weighted by Crippen LogP contribution is -2.26. The maximum Gasteiger partial charge on any atom is 0.177 e. The molecular formula is C20H20Cl2N4O. The van der Waals surface area contributed by atoms with Crippen molar-refractivity contribution in [1.29, 1.82) is 0 Å². The summed E-state index contributed by atoms with van der Waals surface area (Å²) < 4.78 is 8.08. The van der Waals surface area contributed by atoms with Crippen LogP contribution in [0.2, 0.25) is 10.0 Å². The largest absolute Gasteiger partial charge is 0.493 e. The highest BCUT2D eigenvalue weighted by Gasteiger charge is 2.55. The van der Waals surface area contributed by atoms with Crippen LogP contribution in [-0.2, 0) is 13.6 Å². The molecule has 1 aliphatic heterocycles. The van der Waals surface area contributed by atoms with E-state index in [1.165, 1.54) is 0 Å². The molecule has 0 amide bonds. The van der Waals surface area contributed by atoms with Crippen LogP contribution in [0.3, 0.4) is 0 Å². The first-order valence-electron chi connectivity index (χ1n) is 9.16. The van der Waals surface area contributed by atoms with Crippen molar-refractivity contribution >= 4 is 34.4 Å². The molecule has 1 saturated carbocycles. The van der Waals surface area contributed by atoms with E-state index in [0.717, 1.165) is 49.0 Å². The van der Waals surface area contributed by atoms with Gasteiger partial charge in [0.25, 0.3) is 0 Å². The van der Waals surface area contributed by atoms with E-state index in [9.17, 15) is 0 Å². The zero-order valence-electron chi connectivity index (χ0n) is 15.0. The Balaban J connectivity index is 1.17. The van der Waals surface area contributed by atoms with Crippen molar-refractivity contribution in [3.05, 3.63) is 52.4 Å². The number of ether oxygens (including phenoxy) is 1. The number of hydrogen-bond donors (Lipinski definition) is 0. The quantitative estimate of drug-likeness (QED) is 0.645.